The fraction of sp³-hybridized carbons (Fsp3) is 0.316. The van der Waals surface area contributed by atoms with Crippen molar-refractivity contribution in [3.63, 3.8) is 0 Å². The lowest BCUT2D eigenvalue weighted by Gasteiger charge is -2.28. The molecule has 8 nitrogen and oxygen atoms in total. The van der Waals surface area contributed by atoms with Crippen molar-refractivity contribution in [2.45, 2.75) is 31.6 Å². The van der Waals surface area contributed by atoms with Crippen LogP contribution >= 0.6 is 15.9 Å². The van der Waals surface area contributed by atoms with Crippen LogP contribution in [0.3, 0.4) is 0 Å². The topological polar surface area (TPSA) is 118 Å². The van der Waals surface area contributed by atoms with Gasteiger partial charge in [0.1, 0.15) is 23.5 Å². The average molecular weight is 494 g/mol. The van der Waals surface area contributed by atoms with Gasteiger partial charge in [0, 0.05) is 27.3 Å². The summed E-state index contributed by atoms with van der Waals surface area (Å²) in [7, 11) is 0. The van der Waals surface area contributed by atoms with E-state index in [4.69, 9.17) is 5.53 Å². The van der Waals surface area contributed by atoms with Gasteiger partial charge in [0.2, 0.25) is 5.91 Å². The van der Waals surface area contributed by atoms with Gasteiger partial charge in [-0.3, -0.25) is 4.79 Å². The summed E-state index contributed by atoms with van der Waals surface area (Å²) in [5.41, 5.74) is 7.57. The van der Waals surface area contributed by atoms with Crippen molar-refractivity contribution in [1.29, 1.82) is 5.26 Å². The summed E-state index contributed by atoms with van der Waals surface area (Å²) >= 11 is 3.29. The second-order valence-electron chi connectivity index (χ2n) is 6.81. The Bertz CT molecular complexity index is 1090. The largest absolute Gasteiger partial charge is 0.417 e. The van der Waals surface area contributed by atoms with Gasteiger partial charge in [0.05, 0.1) is 11.6 Å². The van der Waals surface area contributed by atoms with Crippen molar-refractivity contribution in [1.82, 2.24) is 4.98 Å². The van der Waals surface area contributed by atoms with Gasteiger partial charge in [-0.2, -0.15) is 18.4 Å². The van der Waals surface area contributed by atoms with Gasteiger partial charge in [0.25, 0.3) is 0 Å². The second-order valence-corrected chi connectivity index (χ2v) is 7.73. The summed E-state index contributed by atoms with van der Waals surface area (Å²) in [5.74, 6) is -0.848. The number of azide groups is 1. The van der Waals surface area contributed by atoms with Crippen LogP contribution in [-0.2, 0) is 11.0 Å². The Morgan fingerprint density at radius 3 is 2.68 bits per heavy atom. The molecule has 1 fully saturated rings. The van der Waals surface area contributed by atoms with E-state index in [1.54, 1.807) is 30.3 Å². The van der Waals surface area contributed by atoms with Gasteiger partial charge in [0.15, 0.2) is 0 Å². The Morgan fingerprint density at radius 2 is 2.10 bits per heavy atom. The minimum Gasteiger partial charge on any atom is -0.343 e. The number of amides is 1. The summed E-state index contributed by atoms with van der Waals surface area (Å²) in [5, 5.41) is 15.8. The van der Waals surface area contributed by atoms with Crippen LogP contribution in [0.1, 0.15) is 23.2 Å². The number of anilines is 2. The number of carbonyl (C=O) groups is 1. The van der Waals surface area contributed by atoms with Gasteiger partial charge in [-0.15, -0.1) is 0 Å². The predicted molar refractivity (Wildman–Crippen MR) is 110 cm³/mol. The Hall–Kier alpha value is -3.29. The Balaban J connectivity index is 2.06. The molecule has 0 radical (unpaired) electrons. The smallest absolute Gasteiger partial charge is 0.343 e. The molecule has 0 spiro atoms. The van der Waals surface area contributed by atoms with E-state index in [0.29, 0.717) is 5.69 Å². The highest BCUT2D eigenvalue weighted by atomic mass is 79.9. The highest BCUT2D eigenvalue weighted by Crippen LogP contribution is 2.38. The Labute approximate surface area is 183 Å². The zero-order chi connectivity index (χ0) is 22.8. The summed E-state index contributed by atoms with van der Waals surface area (Å²) in [6.07, 6.45) is -4.56. The SMILES string of the molecule is Cc1cc(C(F)(F)F)c(C#N)c(N2CC[C@@H](N=[N+]=[N-])[C@H]2C(=O)Nc2ccc(Br)cc2)n1. The third-order valence-electron chi connectivity index (χ3n) is 4.76. The Kier molecular flexibility index (Phi) is 6.38. The number of rotatable bonds is 4. The van der Waals surface area contributed by atoms with Gasteiger partial charge < -0.3 is 10.2 Å². The number of halogens is 4. The first-order chi connectivity index (χ1) is 14.7. The molecule has 12 heteroatoms. The molecule has 2 aromatic rings. The minimum absolute atomic E-state index is 0.0422. The molecule has 0 aliphatic carbocycles. The maximum atomic E-state index is 13.5. The fourth-order valence-corrected chi connectivity index (χ4v) is 3.73. The Morgan fingerprint density at radius 1 is 1.42 bits per heavy atom. The van der Waals surface area contributed by atoms with E-state index in [1.165, 1.54) is 11.8 Å². The number of alkyl halides is 3. The zero-order valence-electron chi connectivity index (χ0n) is 16.1. The third-order valence-corrected chi connectivity index (χ3v) is 5.29. The van der Waals surface area contributed by atoms with Crippen LogP contribution in [0, 0.1) is 18.3 Å². The van der Waals surface area contributed by atoms with Crippen molar-refractivity contribution in [3.8, 4) is 6.07 Å². The van der Waals surface area contributed by atoms with Crippen LogP contribution in [0.4, 0.5) is 24.7 Å². The first kappa shape index (κ1) is 22.4. The summed E-state index contributed by atoms with van der Waals surface area (Å²) in [6, 6.07) is 7.07. The lowest BCUT2D eigenvalue weighted by atomic mass is 10.1. The molecule has 2 heterocycles. The number of hydrogen-bond acceptors (Lipinski definition) is 5. The molecule has 3 rings (SSSR count). The number of carbonyl (C=O) groups excluding carboxylic acids is 1. The first-order valence-electron chi connectivity index (χ1n) is 9.02. The summed E-state index contributed by atoms with van der Waals surface area (Å²) in [4.78, 5) is 21.2. The standard InChI is InChI=1S/C19H15BrF3N7O/c1-10-8-14(19(21,22)23)13(9-24)17(26-10)30-7-6-15(28-29-25)16(30)18(31)27-12-4-2-11(20)3-5-12/h2-5,8,15-16H,6-7H2,1H3,(H,27,31)/t15-,16+/m1/s1. The number of aryl methyl sites for hydroxylation is 1. The van der Waals surface area contributed by atoms with Gasteiger partial charge in [-0.1, -0.05) is 21.0 Å². The van der Waals surface area contributed by atoms with Crippen LogP contribution in [0.5, 0.6) is 0 Å². The van der Waals surface area contributed by atoms with Crippen molar-refractivity contribution in [3.05, 3.63) is 62.1 Å². The second kappa shape index (κ2) is 8.83. The number of nitrogens with one attached hydrogen (secondary N) is 1. The predicted octanol–water partition coefficient (Wildman–Crippen LogP) is 4.94. The maximum absolute atomic E-state index is 13.5. The minimum atomic E-state index is -4.77. The van der Waals surface area contributed by atoms with E-state index in [9.17, 15) is 23.2 Å². The molecular formula is C19H15BrF3N7O. The molecule has 1 aromatic carbocycles. The molecule has 1 amide bonds. The van der Waals surface area contributed by atoms with Crippen LogP contribution in [0.25, 0.3) is 10.4 Å². The number of benzene rings is 1. The molecule has 1 aliphatic rings. The quantitative estimate of drug-likeness (QED) is 0.368. The lowest BCUT2D eigenvalue weighted by Crippen LogP contribution is -2.45. The van der Waals surface area contributed by atoms with Crippen LogP contribution < -0.4 is 10.2 Å². The highest BCUT2D eigenvalue weighted by Gasteiger charge is 2.43. The van der Waals surface area contributed by atoms with Crippen molar-refractivity contribution in [2.75, 3.05) is 16.8 Å². The van der Waals surface area contributed by atoms with Crippen molar-refractivity contribution >= 4 is 33.3 Å². The molecule has 1 saturated heterocycles. The van der Waals surface area contributed by atoms with E-state index in [-0.39, 0.29) is 24.5 Å². The fourth-order valence-electron chi connectivity index (χ4n) is 3.46. The number of nitriles is 1. The van der Waals surface area contributed by atoms with E-state index in [0.717, 1.165) is 10.5 Å². The maximum Gasteiger partial charge on any atom is 0.417 e. The van der Waals surface area contributed by atoms with Crippen LogP contribution in [0.2, 0.25) is 0 Å². The molecule has 1 aromatic heterocycles. The molecule has 2 atom stereocenters. The van der Waals surface area contributed by atoms with Crippen molar-refractivity contribution < 1.29 is 18.0 Å². The molecular weight excluding hydrogens is 479 g/mol. The number of hydrogen-bond donors (Lipinski definition) is 1. The third kappa shape index (κ3) is 4.73. The normalized spacial score (nSPS) is 18.3. The summed E-state index contributed by atoms with van der Waals surface area (Å²) < 4.78 is 41.3. The van der Waals surface area contributed by atoms with E-state index < -0.39 is 35.3 Å². The van der Waals surface area contributed by atoms with Gasteiger partial charge >= 0.3 is 6.18 Å². The van der Waals surface area contributed by atoms with E-state index >= 15 is 0 Å². The molecule has 160 valence electrons. The van der Waals surface area contributed by atoms with Crippen LogP contribution in [-0.4, -0.2) is 29.5 Å². The zero-order valence-corrected chi connectivity index (χ0v) is 17.6. The van der Waals surface area contributed by atoms with Crippen molar-refractivity contribution in [2.24, 2.45) is 5.11 Å². The first-order valence-corrected chi connectivity index (χ1v) is 9.81. The molecule has 0 bridgehead atoms. The number of pyridine rings is 1. The van der Waals surface area contributed by atoms with Crippen LogP contribution in [0.15, 0.2) is 39.9 Å². The molecule has 1 N–H and O–H groups in total. The van der Waals surface area contributed by atoms with Gasteiger partial charge in [-0.05, 0) is 49.2 Å². The average Bonchev–Trinajstić information content (AvgIpc) is 3.12. The number of aromatic nitrogens is 1. The molecule has 0 saturated carbocycles. The lowest BCUT2D eigenvalue weighted by molar-refractivity contribution is -0.137. The summed E-state index contributed by atoms with van der Waals surface area (Å²) in [6.45, 7) is 1.46. The van der Waals surface area contributed by atoms with E-state index in [2.05, 4.69) is 36.3 Å². The molecule has 31 heavy (non-hydrogen) atoms. The monoisotopic (exact) mass is 493 g/mol. The van der Waals surface area contributed by atoms with E-state index in [1.807, 2.05) is 0 Å². The molecule has 1 aliphatic heterocycles. The highest BCUT2D eigenvalue weighted by molar-refractivity contribution is 9.10. The van der Waals surface area contributed by atoms with Gasteiger partial charge in [-0.25, -0.2) is 4.98 Å². The number of nitrogens with zero attached hydrogens (tertiary/aromatic N) is 6. The molecule has 0 unspecified atom stereocenters.